The number of hydrogen-bond acceptors (Lipinski definition) is 8. The number of rotatable bonds is 7. The summed E-state index contributed by atoms with van der Waals surface area (Å²) in [5, 5.41) is 5.44. The predicted molar refractivity (Wildman–Crippen MR) is 188 cm³/mol. The molecule has 0 bridgehead atoms. The molecule has 0 radical (unpaired) electrons. The van der Waals surface area contributed by atoms with Gasteiger partial charge in [-0.1, -0.05) is 37.8 Å². The lowest BCUT2D eigenvalue weighted by Crippen LogP contribution is -2.95. The first-order chi connectivity index (χ1) is 22.9. The fraction of sp³-hybridized carbons (Fsp3) is 0.667. The van der Waals surface area contributed by atoms with E-state index in [9.17, 15) is 25.9 Å². The molecule has 0 spiro atoms. The fourth-order valence-electron chi connectivity index (χ4n) is 8.01. The molecule has 0 amide bonds. The Kier molecular flexibility index (Phi) is 15.0. The van der Waals surface area contributed by atoms with Gasteiger partial charge in [0, 0.05) is 22.5 Å². The van der Waals surface area contributed by atoms with Crippen molar-refractivity contribution in [1.29, 1.82) is 0 Å². The molecule has 48 heavy (non-hydrogen) atoms. The second kappa shape index (κ2) is 18.7. The number of nitrogens with two attached hydrogens (primary N) is 4. The van der Waals surface area contributed by atoms with Crippen LogP contribution in [0, 0.1) is 0 Å². The monoisotopic (exact) mass is 706 g/mol. The van der Waals surface area contributed by atoms with E-state index in [1.54, 1.807) is 0 Å². The van der Waals surface area contributed by atoms with E-state index >= 15 is 0 Å². The van der Waals surface area contributed by atoms with Crippen LogP contribution in [0.1, 0.15) is 128 Å². The van der Waals surface area contributed by atoms with Gasteiger partial charge in [-0.3, -0.25) is 0 Å². The number of hydrogen-bond donors (Lipinski definition) is 4. The van der Waals surface area contributed by atoms with E-state index in [0.29, 0.717) is 0 Å². The molecular weight excluding hydrogens is 649 g/mol. The minimum atomic E-state index is -4.93. The lowest BCUT2D eigenvalue weighted by atomic mass is 9.91. The van der Waals surface area contributed by atoms with Crippen molar-refractivity contribution < 1.29 is 36.6 Å². The molecule has 0 atom stereocenters. The molecule has 2 aromatic carbocycles. The van der Waals surface area contributed by atoms with Gasteiger partial charge in [0.25, 0.3) is 0 Å². The van der Waals surface area contributed by atoms with Crippen LogP contribution in [-0.2, 0) is 20.2 Å². The third-order valence-electron chi connectivity index (χ3n) is 10.5. The minimum Gasteiger partial charge on any atom is -0.744 e. The Bertz CT molecular complexity index is 1350. The molecule has 4 fully saturated rings. The highest BCUT2D eigenvalue weighted by Gasteiger charge is 2.24. The lowest BCUT2D eigenvalue weighted by molar-refractivity contribution is -0.726. The molecule has 0 aliphatic heterocycles. The van der Waals surface area contributed by atoms with Crippen LogP contribution < -0.4 is 22.1 Å². The Labute approximate surface area is 288 Å². The van der Waals surface area contributed by atoms with E-state index in [4.69, 9.17) is 11.5 Å². The van der Waals surface area contributed by atoms with Crippen molar-refractivity contribution in [1.82, 2.24) is 0 Å². The van der Waals surface area contributed by atoms with Crippen LogP contribution in [0.15, 0.2) is 46.2 Å². The first-order valence-electron chi connectivity index (χ1n) is 18.3. The molecular formula is C36H58N4O6S2. The highest BCUT2D eigenvalue weighted by atomic mass is 32.2. The predicted octanol–water partition coefficient (Wildman–Crippen LogP) is 4.76. The van der Waals surface area contributed by atoms with Gasteiger partial charge >= 0.3 is 0 Å². The average molecular weight is 707 g/mol. The van der Waals surface area contributed by atoms with Gasteiger partial charge < -0.3 is 31.2 Å². The van der Waals surface area contributed by atoms with Crippen LogP contribution in [0.25, 0.3) is 11.1 Å². The second-order valence-corrected chi connectivity index (χ2v) is 17.1. The molecule has 0 saturated heterocycles. The average Bonchev–Trinajstić information content (AvgIpc) is 3.07. The van der Waals surface area contributed by atoms with Crippen LogP contribution in [0.2, 0.25) is 0 Å². The molecule has 12 heteroatoms. The Morgan fingerprint density at radius 3 is 0.938 bits per heavy atom. The van der Waals surface area contributed by atoms with Gasteiger partial charge in [0.15, 0.2) is 0 Å². The maximum Gasteiger partial charge on any atom is 0.125 e. The van der Waals surface area contributed by atoms with Gasteiger partial charge in [0.2, 0.25) is 0 Å². The van der Waals surface area contributed by atoms with Gasteiger partial charge in [0.05, 0.1) is 34.0 Å². The number of nitrogen functional groups attached to an aromatic ring is 2. The normalized spacial score (nSPS) is 20.6. The molecule has 6 rings (SSSR count). The Morgan fingerprint density at radius 2 is 0.708 bits per heavy atom. The lowest BCUT2D eigenvalue weighted by Gasteiger charge is -2.27. The summed E-state index contributed by atoms with van der Waals surface area (Å²) < 4.78 is 68.1. The van der Waals surface area contributed by atoms with Crippen LogP contribution in [0.5, 0.6) is 0 Å². The summed E-state index contributed by atoms with van der Waals surface area (Å²) in [5.41, 5.74) is 10.4. The molecule has 4 aliphatic carbocycles. The summed E-state index contributed by atoms with van der Waals surface area (Å²) in [6, 6.07) is 10.6. The third kappa shape index (κ3) is 12.6. The van der Waals surface area contributed by atoms with E-state index in [0.717, 1.165) is 48.4 Å². The summed E-state index contributed by atoms with van der Waals surface area (Å²) in [5.74, 6) is 0. The summed E-state index contributed by atoms with van der Waals surface area (Å²) in [6.45, 7) is 0. The van der Waals surface area contributed by atoms with E-state index < -0.39 is 30.0 Å². The van der Waals surface area contributed by atoms with E-state index in [1.165, 1.54) is 141 Å². The van der Waals surface area contributed by atoms with Gasteiger partial charge in [-0.15, -0.1) is 0 Å². The van der Waals surface area contributed by atoms with Crippen molar-refractivity contribution in [2.45, 2.75) is 162 Å². The van der Waals surface area contributed by atoms with Crippen LogP contribution in [0.3, 0.4) is 0 Å². The second-order valence-electron chi connectivity index (χ2n) is 14.4. The van der Waals surface area contributed by atoms with Gasteiger partial charge in [-0.2, -0.15) is 0 Å². The summed E-state index contributed by atoms with van der Waals surface area (Å²) in [4.78, 5) is -1.44. The largest absolute Gasteiger partial charge is 0.744 e. The summed E-state index contributed by atoms with van der Waals surface area (Å²) in [6.07, 6.45) is 29.9. The van der Waals surface area contributed by atoms with Gasteiger partial charge in [-0.05, 0) is 127 Å². The van der Waals surface area contributed by atoms with Crippen molar-refractivity contribution >= 4 is 31.6 Å². The fourth-order valence-corrected chi connectivity index (χ4v) is 9.47. The number of anilines is 2. The van der Waals surface area contributed by atoms with Crippen LogP contribution in [0.4, 0.5) is 11.4 Å². The molecule has 0 aromatic heterocycles. The zero-order valence-corrected chi connectivity index (χ0v) is 30.1. The highest BCUT2D eigenvalue weighted by molar-refractivity contribution is 7.86. The molecule has 270 valence electrons. The molecule has 0 heterocycles. The third-order valence-corrected chi connectivity index (χ3v) is 12.3. The summed E-state index contributed by atoms with van der Waals surface area (Å²) >= 11 is 0. The van der Waals surface area contributed by atoms with Crippen LogP contribution in [-0.4, -0.2) is 50.1 Å². The number of quaternary nitrogens is 2. The molecule has 4 saturated carbocycles. The van der Waals surface area contributed by atoms with Crippen LogP contribution >= 0.6 is 0 Å². The van der Waals surface area contributed by atoms with Crippen molar-refractivity contribution in [2.24, 2.45) is 0 Å². The van der Waals surface area contributed by atoms with Crippen molar-refractivity contribution in [3.63, 3.8) is 0 Å². The molecule has 8 N–H and O–H groups in total. The Hall–Kier alpha value is -2.22. The first kappa shape index (κ1) is 38.6. The van der Waals surface area contributed by atoms with Crippen molar-refractivity contribution in [2.75, 3.05) is 11.5 Å². The zero-order chi connectivity index (χ0) is 34.6. The molecule has 2 aromatic rings. The van der Waals surface area contributed by atoms with E-state index in [-0.39, 0.29) is 22.5 Å². The topological polar surface area (TPSA) is 200 Å². The minimum absolute atomic E-state index is 0.000139. The molecule has 4 aliphatic rings. The van der Waals surface area contributed by atoms with E-state index in [1.807, 2.05) is 0 Å². The Morgan fingerprint density at radius 1 is 0.458 bits per heavy atom. The van der Waals surface area contributed by atoms with Gasteiger partial charge in [0.1, 0.15) is 20.2 Å². The smallest absolute Gasteiger partial charge is 0.125 e. The van der Waals surface area contributed by atoms with Gasteiger partial charge in [-0.25, -0.2) is 16.8 Å². The number of benzene rings is 2. The van der Waals surface area contributed by atoms with Crippen molar-refractivity contribution in [3.05, 3.63) is 36.4 Å². The molecule has 0 unspecified atom stereocenters. The summed E-state index contributed by atoms with van der Waals surface area (Å²) in [7, 11) is -9.87. The highest BCUT2D eigenvalue weighted by Crippen LogP contribution is 2.34. The van der Waals surface area contributed by atoms with Crippen molar-refractivity contribution in [3.8, 4) is 11.1 Å². The maximum atomic E-state index is 11.3. The first-order valence-corrected chi connectivity index (χ1v) is 21.1. The zero-order valence-electron chi connectivity index (χ0n) is 28.5. The standard InChI is InChI=1S/C12H12N2O6S2.2C12H23N/c13-7-1-3-9(11(5-7)21(15,16)17)10-4-2-8(14)6-12(10)22(18,19)20;2*1-3-7-11(8-4-1)13-12-9-5-2-6-10-12/h1-6H,13-14H2,(H,15,16,17)(H,18,19,20);2*11-13H,1-10H2. The van der Waals surface area contributed by atoms with E-state index in [2.05, 4.69) is 10.6 Å². The quantitative estimate of drug-likeness (QED) is 0.233. The maximum absolute atomic E-state index is 11.3. The SMILES string of the molecule is C1CCC([NH2+]C2CCCCC2)CC1.C1CCC([NH2+]C2CCCCC2)CC1.Nc1ccc(-c2ccc(N)cc2S(=O)(=O)[O-])c(S(=O)(=O)[O-])c1. The molecule has 10 nitrogen and oxygen atoms in total. The Balaban J connectivity index is 0.000000172.